The topological polar surface area (TPSA) is 46.6 Å². The zero-order valence-corrected chi connectivity index (χ0v) is 13.4. The Morgan fingerprint density at radius 1 is 1.09 bits per heavy atom. The predicted octanol–water partition coefficient (Wildman–Crippen LogP) is 2.14. The quantitative estimate of drug-likeness (QED) is 0.625. The molecule has 0 spiro atoms. The van der Waals surface area contributed by atoms with E-state index >= 15 is 0 Å². The van der Waals surface area contributed by atoms with Gasteiger partial charge in [-0.15, -0.1) is 11.6 Å². The van der Waals surface area contributed by atoms with Crippen LogP contribution in [0, 0.1) is 0 Å². The number of morpholine rings is 1. The van der Waals surface area contributed by atoms with E-state index in [2.05, 4.69) is 0 Å². The van der Waals surface area contributed by atoms with Crippen LogP contribution in [-0.4, -0.2) is 47.6 Å². The van der Waals surface area contributed by atoms with Gasteiger partial charge < -0.3 is 9.64 Å². The number of hydrogen-bond acceptors (Lipinski definition) is 4. The molecule has 0 N–H and O–H groups in total. The summed E-state index contributed by atoms with van der Waals surface area (Å²) < 4.78 is 5.27. The average Bonchev–Trinajstić information content (AvgIpc) is 2.70. The van der Waals surface area contributed by atoms with Crippen LogP contribution in [0.1, 0.15) is 5.56 Å². The van der Waals surface area contributed by atoms with Gasteiger partial charge in [-0.1, -0.05) is 41.9 Å². The Morgan fingerprint density at radius 3 is 2.36 bits per heavy atom. The first-order valence-electron chi connectivity index (χ1n) is 7.09. The summed E-state index contributed by atoms with van der Waals surface area (Å²) in [5, 5.41) is -0.0576. The van der Waals surface area contributed by atoms with E-state index in [-0.39, 0.29) is 17.2 Å². The normalized spacial score (nSPS) is 26.0. The van der Waals surface area contributed by atoms with Crippen molar-refractivity contribution in [2.75, 3.05) is 26.3 Å². The summed E-state index contributed by atoms with van der Waals surface area (Å²) in [5.74, 6) is -0.916. The number of ketones is 2. The highest BCUT2D eigenvalue weighted by Gasteiger charge is 2.54. The number of Topliss-reactive ketones (excluding diaryl/α,β-unsaturated/α-hetero) is 2. The number of allylic oxidation sites excluding steroid dienone is 2. The minimum Gasteiger partial charge on any atom is -0.378 e. The minimum atomic E-state index is -1.63. The van der Waals surface area contributed by atoms with Gasteiger partial charge in [0.2, 0.25) is 11.6 Å². The molecular weight excluding hydrogens is 325 g/mol. The third-order valence-corrected chi connectivity index (χ3v) is 4.79. The monoisotopic (exact) mass is 339 g/mol. The molecule has 1 atom stereocenters. The van der Waals surface area contributed by atoms with Gasteiger partial charge in [0.05, 0.1) is 13.2 Å². The van der Waals surface area contributed by atoms with Gasteiger partial charge in [0.25, 0.3) is 0 Å². The predicted molar refractivity (Wildman–Crippen MR) is 84.0 cm³/mol. The van der Waals surface area contributed by atoms with E-state index < -0.39 is 16.4 Å². The number of nitrogens with zero attached hydrogens (tertiary/aromatic N) is 1. The second-order valence-electron chi connectivity index (χ2n) is 5.38. The molecule has 4 nitrogen and oxygen atoms in total. The first-order valence-corrected chi connectivity index (χ1v) is 7.84. The molecule has 1 saturated heterocycles. The summed E-state index contributed by atoms with van der Waals surface area (Å²) in [6.45, 7) is 2.07. The van der Waals surface area contributed by atoms with E-state index in [1.807, 2.05) is 30.3 Å². The van der Waals surface area contributed by atoms with Crippen LogP contribution in [0.5, 0.6) is 0 Å². The number of alkyl halides is 1. The lowest BCUT2D eigenvalue weighted by molar-refractivity contribution is -0.125. The molecule has 22 heavy (non-hydrogen) atoms. The van der Waals surface area contributed by atoms with Crippen LogP contribution in [0.15, 0.2) is 41.1 Å². The Balaban J connectivity index is 1.89. The van der Waals surface area contributed by atoms with Gasteiger partial charge in [0.15, 0.2) is 4.87 Å². The summed E-state index contributed by atoms with van der Waals surface area (Å²) in [6.07, 6.45) is 0.136. The average molecular weight is 340 g/mol. The van der Waals surface area contributed by atoms with Crippen molar-refractivity contribution in [3.05, 3.63) is 46.6 Å². The molecule has 116 valence electrons. The maximum atomic E-state index is 12.8. The van der Waals surface area contributed by atoms with Crippen molar-refractivity contribution in [2.24, 2.45) is 0 Å². The zero-order valence-electron chi connectivity index (χ0n) is 11.9. The molecule has 1 aromatic carbocycles. The van der Waals surface area contributed by atoms with E-state index in [0.717, 1.165) is 5.56 Å². The number of carbonyl (C=O) groups is 2. The molecule has 1 heterocycles. The highest BCUT2D eigenvalue weighted by Crippen LogP contribution is 2.39. The molecule has 1 aromatic rings. The van der Waals surface area contributed by atoms with Crippen molar-refractivity contribution in [3.8, 4) is 0 Å². The molecule has 1 unspecified atom stereocenters. The Labute approximate surface area is 138 Å². The van der Waals surface area contributed by atoms with Crippen LogP contribution >= 0.6 is 23.2 Å². The van der Waals surface area contributed by atoms with Crippen molar-refractivity contribution in [2.45, 2.75) is 11.3 Å². The van der Waals surface area contributed by atoms with Crippen molar-refractivity contribution in [3.63, 3.8) is 0 Å². The van der Waals surface area contributed by atoms with Gasteiger partial charge in [-0.2, -0.15) is 0 Å². The molecular formula is C16H15Cl2NO3. The molecule has 6 heteroatoms. The van der Waals surface area contributed by atoms with E-state index in [1.165, 1.54) is 0 Å². The standard InChI is InChI=1S/C16H15Cl2NO3/c17-12-13(19-6-8-22-9-7-19)15(21)16(18,14(12)20)10-11-4-2-1-3-5-11/h1-5H,6-10H2. The summed E-state index contributed by atoms with van der Waals surface area (Å²) in [4.78, 5) is 25.4. The second-order valence-corrected chi connectivity index (χ2v) is 6.41. The molecule has 0 radical (unpaired) electrons. The first kappa shape index (κ1) is 15.5. The molecule has 0 amide bonds. The van der Waals surface area contributed by atoms with E-state index in [1.54, 1.807) is 4.90 Å². The SMILES string of the molecule is O=C1C(Cl)=C(N2CCOCC2)C(=O)C1(Cl)Cc1ccccc1. The lowest BCUT2D eigenvalue weighted by atomic mass is 9.94. The van der Waals surface area contributed by atoms with Crippen molar-refractivity contribution in [1.82, 2.24) is 4.90 Å². The number of rotatable bonds is 3. The van der Waals surface area contributed by atoms with E-state index in [4.69, 9.17) is 27.9 Å². The van der Waals surface area contributed by atoms with Crippen LogP contribution in [0.2, 0.25) is 0 Å². The van der Waals surface area contributed by atoms with Crippen LogP contribution in [0.4, 0.5) is 0 Å². The van der Waals surface area contributed by atoms with Crippen molar-refractivity contribution in [1.29, 1.82) is 0 Å². The summed E-state index contributed by atoms with van der Waals surface area (Å²) in [7, 11) is 0. The zero-order chi connectivity index (χ0) is 15.7. The maximum Gasteiger partial charge on any atom is 0.209 e. The minimum absolute atomic E-state index is 0.0576. The lowest BCUT2D eigenvalue weighted by Crippen LogP contribution is -2.43. The Bertz CT molecular complexity index is 638. The van der Waals surface area contributed by atoms with Crippen LogP contribution in [0.25, 0.3) is 0 Å². The van der Waals surface area contributed by atoms with Crippen molar-refractivity contribution >= 4 is 34.8 Å². The summed E-state index contributed by atoms with van der Waals surface area (Å²) in [5.41, 5.74) is 1.06. The fourth-order valence-corrected chi connectivity index (χ4v) is 3.53. The number of halogens is 2. The number of carbonyl (C=O) groups excluding carboxylic acids is 2. The molecule has 0 bridgehead atoms. The fourth-order valence-electron chi connectivity index (χ4n) is 2.78. The molecule has 0 saturated carbocycles. The summed E-state index contributed by atoms with van der Waals surface area (Å²) in [6, 6.07) is 9.23. The van der Waals surface area contributed by atoms with Gasteiger partial charge in [0.1, 0.15) is 10.7 Å². The Kier molecular flexibility index (Phi) is 4.26. The number of benzene rings is 1. The number of ether oxygens (including phenoxy) is 1. The highest BCUT2D eigenvalue weighted by atomic mass is 35.5. The smallest absolute Gasteiger partial charge is 0.209 e. The van der Waals surface area contributed by atoms with Gasteiger partial charge >= 0.3 is 0 Å². The maximum absolute atomic E-state index is 12.8. The summed E-state index contributed by atoms with van der Waals surface area (Å²) >= 11 is 12.6. The van der Waals surface area contributed by atoms with Crippen LogP contribution < -0.4 is 0 Å². The van der Waals surface area contributed by atoms with Gasteiger partial charge in [-0.05, 0) is 5.56 Å². The van der Waals surface area contributed by atoms with Gasteiger partial charge in [0, 0.05) is 19.5 Å². The number of hydrogen-bond donors (Lipinski definition) is 0. The third kappa shape index (κ3) is 2.56. The molecule has 0 aromatic heterocycles. The molecule has 2 aliphatic rings. The largest absolute Gasteiger partial charge is 0.378 e. The second kappa shape index (κ2) is 6.03. The van der Waals surface area contributed by atoms with Crippen LogP contribution in [0.3, 0.4) is 0 Å². The fraction of sp³-hybridized carbons (Fsp3) is 0.375. The molecule has 1 aliphatic heterocycles. The van der Waals surface area contributed by atoms with Crippen molar-refractivity contribution < 1.29 is 14.3 Å². The molecule has 1 fully saturated rings. The first-order chi connectivity index (χ1) is 10.5. The third-order valence-electron chi connectivity index (χ3n) is 3.96. The highest BCUT2D eigenvalue weighted by molar-refractivity contribution is 6.62. The van der Waals surface area contributed by atoms with Crippen LogP contribution in [-0.2, 0) is 20.7 Å². The molecule has 3 rings (SSSR count). The van der Waals surface area contributed by atoms with E-state index in [0.29, 0.717) is 26.3 Å². The lowest BCUT2D eigenvalue weighted by Gasteiger charge is -2.30. The van der Waals surface area contributed by atoms with E-state index in [9.17, 15) is 9.59 Å². The Morgan fingerprint density at radius 2 is 1.73 bits per heavy atom. The Hall–Kier alpha value is -1.36. The van der Waals surface area contributed by atoms with Gasteiger partial charge in [-0.25, -0.2) is 0 Å². The molecule has 1 aliphatic carbocycles. The van der Waals surface area contributed by atoms with Gasteiger partial charge in [-0.3, -0.25) is 9.59 Å².